The highest BCUT2D eigenvalue weighted by atomic mass is 16.2. The van der Waals surface area contributed by atoms with Gasteiger partial charge >= 0.3 is 0 Å². The molecule has 2 heterocycles. The average Bonchev–Trinajstić information content (AvgIpc) is 3.26. The average molecular weight is 469 g/mol. The van der Waals surface area contributed by atoms with E-state index in [1.165, 1.54) is 0 Å². The van der Waals surface area contributed by atoms with Crippen LogP contribution in [-0.2, 0) is 17.8 Å². The first-order valence-electron chi connectivity index (χ1n) is 11.7. The number of benzene rings is 1. The Morgan fingerprint density at radius 2 is 2.09 bits per heavy atom. The SMILES string of the molecule is C#C/C=C\C(=C/C)Cn1ccc(C(=O)NC2CCc3ccc(C#CC(C)(C)C)cc3N(C)C2=O)n1. The molecular weight excluding hydrogens is 436 g/mol. The van der Waals surface area contributed by atoms with Crippen molar-refractivity contribution in [1.82, 2.24) is 15.1 Å². The minimum absolute atomic E-state index is 0.107. The largest absolute Gasteiger partial charge is 0.339 e. The van der Waals surface area contributed by atoms with E-state index in [2.05, 4.69) is 48.9 Å². The number of allylic oxidation sites excluding steroid dienone is 4. The Morgan fingerprint density at radius 1 is 1.31 bits per heavy atom. The molecule has 35 heavy (non-hydrogen) atoms. The summed E-state index contributed by atoms with van der Waals surface area (Å²) in [6, 6.07) is 6.96. The maximum absolute atomic E-state index is 13.2. The van der Waals surface area contributed by atoms with Crippen LogP contribution in [0.25, 0.3) is 0 Å². The second-order valence-corrected chi connectivity index (χ2v) is 9.57. The summed E-state index contributed by atoms with van der Waals surface area (Å²) in [5.41, 5.74) is 3.88. The minimum atomic E-state index is -0.640. The molecule has 6 heteroatoms. The normalized spacial score (nSPS) is 16.2. The van der Waals surface area contributed by atoms with E-state index in [4.69, 9.17) is 6.42 Å². The number of hydrogen-bond donors (Lipinski definition) is 1. The van der Waals surface area contributed by atoms with E-state index in [9.17, 15) is 9.59 Å². The van der Waals surface area contributed by atoms with Gasteiger partial charge in [-0.2, -0.15) is 5.10 Å². The number of nitrogens with zero attached hydrogens (tertiary/aromatic N) is 3. The highest BCUT2D eigenvalue weighted by molar-refractivity contribution is 6.02. The highest BCUT2D eigenvalue weighted by Gasteiger charge is 2.30. The van der Waals surface area contributed by atoms with Crippen molar-refractivity contribution in [3.8, 4) is 24.2 Å². The molecular formula is C29H32N4O2. The zero-order valence-corrected chi connectivity index (χ0v) is 21.1. The molecule has 1 aliphatic heterocycles. The van der Waals surface area contributed by atoms with Crippen LogP contribution in [0.15, 0.2) is 54.3 Å². The van der Waals surface area contributed by atoms with Crippen LogP contribution in [-0.4, -0.2) is 34.7 Å². The van der Waals surface area contributed by atoms with Crippen molar-refractivity contribution in [3.05, 3.63) is 71.1 Å². The first-order valence-corrected chi connectivity index (χ1v) is 11.7. The van der Waals surface area contributed by atoms with Crippen molar-refractivity contribution in [3.63, 3.8) is 0 Å². The topological polar surface area (TPSA) is 67.2 Å². The number of likely N-dealkylation sites (N-methyl/N-ethyl adjacent to an activating group) is 1. The van der Waals surface area contributed by atoms with E-state index in [1.54, 1.807) is 35.0 Å². The van der Waals surface area contributed by atoms with E-state index in [0.717, 1.165) is 22.4 Å². The maximum atomic E-state index is 13.2. The second kappa shape index (κ2) is 10.9. The van der Waals surface area contributed by atoms with Gasteiger partial charge in [0.05, 0.1) is 6.54 Å². The van der Waals surface area contributed by atoms with Gasteiger partial charge in [0.25, 0.3) is 5.91 Å². The van der Waals surface area contributed by atoms with Crippen molar-refractivity contribution < 1.29 is 9.59 Å². The van der Waals surface area contributed by atoms with Crippen LogP contribution < -0.4 is 10.2 Å². The third-order valence-electron chi connectivity index (χ3n) is 5.65. The Kier molecular flexibility index (Phi) is 7.99. The molecule has 0 radical (unpaired) electrons. The van der Waals surface area contributed by atoms with Crippen LogP contribution in [0.4, 0.5) is 5.69 Å². The lowest BCUT2D eigenvalue weighted by Gasteiger charge is -2.22. The van der Waals surface area contributed by atoms with Crippen molar-refractivity contribution in [2.45, 2.75) is 53.1 Å². The Labute approximate surface area is 208 Å². The van der Waals surface area contributed by atoms with Crippen molar-refractivity contribution in [1.29, 1.82) is 0 Å². The molecule has 0 fully saturated rings. The second-order valence-electron chi connectivity index (χ2n) is 9.57. The third-order valence-corrected chi connectivity index (χ3v) is 5.65. The third kappa shape index (κ3) is 6.74. The summed E-state index contributed by atoms with van der Waals surface area (Å²) in [5, 5.41) is 7.24. The van der Waals surface area contributed by atoms with Crippen LogP contribution in [0.3, 0.4) is 0 Å². The van der Waals surface area contributed by atoms with Crippen molar-refractivity contribution >= 4 is 17.5 Å². The number of nitrogens with one attached hydrogen (secondary N) is 1. The van der Waals surface area contributed by atoms with Gasteiger partial charge in [0, 0.05) is 29.9 Å². The van der Waals surface area contributed by atoms with Crippen LogP contribution in [0.5, 0.6) is 0 Å². The molecule has 2 amide bonds. The van der Waals surface area contributed by atoms with E-state index in [1.807, 2.05) is 37.3 Å². The lowest BCUT2D eigenvalue weighted by molar-refractivity contribution is -0.120. The zero-order valence-electron chi connectivity index (χ0n) is 21.1. The summed E-state index contributed by atoms with van der Waals surface area (Å²) in [4.78, 5) is 27.7. The molecule has 2 aromatic rings. The summed E-state index contributed by atoms with van der Waals surface area (Å²) >= 11 is 0. The number of aryl methyl sites for hydroxylation is 1. The zero-order chi connectivity index (χ0) is 25.6. The number of anilines is 1. The molecule has 1 unspecified atom stereocenters. The fourth-order valence-electron chi connectivity index (χ4n) is 3.72. The van der Waals surface area contributed by atoms with Crippen molar-refractivity contribution in [2.24, 2.45) is 5.41 Å². The predicted molar refractivity (Wildman–Crippen MR) is 140 cm³/mol. The van der Waals surface area contributed by atoms with Crippen LogP contribution >= 0.6 is 0 Å². The molecule has 1 N–H and O–H groups in total. The summed E-state index contributed by atoms with van der Waals surface area (Å²) in [7, 11) is 1.74. The van der Waals surface area contributed by atoms with Gasteiger partial charge in [-0.3, -0.25) is 14.3 Å². The molecule has 0 saturated carbocycles. The first-order chi connectivity index (χ1) is 16.6. The number of carbonyl (C=O) groups excluding carboxylic acids is 2. The standard InChI is InChI=1S/C29H32N4O2/c1-7-9-10-21(8-2)20-33-18-16-24(31-33)27(34)30-25-14-13-23-12-11-22(15-17-29(3,4)5)19-26(23)32(6)28(25)35/h1,8-12,16,18-19,25H,13-14,20H2,2-6H3,(H,30,34)/b10-9-,21-8+. The molecule has 1 aromatic heterocycles. The maximum Gasteiger partial charge on any atom is 0.272 e. The van der Waals surface area contributed by atoms with Gasteiger partial charge in [-0.15, -0.1) is 6.42 Å². The van der Waals surface area contributed by atoms with Crippen LogP contribution in [0.1, 0.15) is 55.7 Å². The van der Waals surface area contributed by atoms with Crippen molar-refractivity contribution in [2.75, 3.05) is 11.9 Å². The van der Waals surface area contributed by atoms with Gasteiger partial charge in [-0.25, -0.2) is 0 Å². The number of carbonyl (C=O) groups is 2. The Bertz CT molecular complexity index is 1270. The summed E-state index contributed by atoms with van der Waals surface area (Å²) < 4.78 is 1.67. The van der Waals surface area contributed by atoms with E-state index in [-0.39, 0.29) is 22.9 Å². The van der Waals surface area contributed by atoms with E-state index in [0.29, 0.717) is 19.4 Å². The molecule has 1 atom stereocenters. The molecule has 0 saturated heterocycles. The number of aromatic nitrogens is 2. The molecule has 0 aliphatic carbocycles. The van der Waals surface area contributed by atoms with Gasteiger partial charge in [0.15, 0.2) is 0 Å². The number of terminal acetylenes is 1. The highest BCUT2D eigenvalue weighted by Crippen LogP contribution is 2.27. The Hall–Kier alpha value is -4.03. The quantitative estimate of drug-likeness (QED) is 0.530. The van der Waals surface area contributed by atoms with Crippen LogP contribution in [0.2, 0.25) is 0 Å². The molecule has 180 valence electrons. The Morgan fingerprint density at radius 3 is 2.77 bits per heavy atom. The number of fused-ring (bicyclic) bond motifs is 1. The van der Waals surface area contributed by atoms with E-state index >= 15 is 0 Å². The lowest BCUT2D eigenvalue weighted by atomic mass is 9.97. The predicted octanol–water partition coefficient (Wildman–Crippen LogP) is 4.12. The molecule has 1 aliphatic rings. The number of amides is 2. The molecule has 6 nitrogen and oxygen atoms in total. The van der Waals surface area contributed by atoms with Gasteiger partial charge in [0.2, 0.25) is 5.91 Å². The fraction of sp³-hybridized carbons (Fsp3) is 0.345. The summed E-state index contributed by atoms with van der Waals surface area (Å²) in [6.07, 6.45) is 13.6. The monoisotopic (exact) mass is 468 g/mol. The van der Waals surface area contributed by atoms with Gasteiger partial charge in [0.1, 0.15) is 11.7 Å². The van der Waals surface area contributed by atoms with Gasteiger partial charge in [-0.05, 0) is 82.0 Å². The molecule has 1 aromatic carbocycles. The molecule has 0 spiro atoms. The minimum Gasteiger partial charge on any atom is -0.339 e. The summed E-state index contributed by atoms with van der Waals surface area (Å²) in [5.74, 6) is 8.36. The van der Waals surface area contributed by atoms with E-state index < -0.39 is 6.04 Å². The Balaban J connectivity index is 1.72. The number of hydrogen-bond acceptors (Lipinski definition) is 3. The smallest absolute Gasteiger partial charge is 0.272 e. The van der Waals surface area contributed by atoms with Crippen LogP contribution in [0, 0.1) is 29.6 Å². The molecule has 0 bridgehead atoms. The molecule has 3 rings (SSSR count). The van der Waals surface area contributed by atoms with Gasteiger partial charge < -0.3 is 10.2 Å². The number of rotatable bonds is 5. The fourth-order valence-corrected chi connectivity index (χ4v) is 3.72. The summed E-state index contributed by atoms with van der Waals surface area (Å²) in [6.45, 7) is 8.59. The van der Waals surface area contributed by atoms with Gasteiger partial charge in [-0.1, -0.05) is 29.9 Å². The lowest BCUT2D eigenvalue weighted by Crippen LogP contribution is -2.46. The first kappa shape index (κ1) is 25.6.